The first kappa shape index (κ1) is 23.3. The molecule has 0 aromatic heterocycles. The van der Waals surface area contributed by atoms with Gasteiger partial charge in [-0.3, -0.25) is 9.52 Å². The van der Waals surface area contributed by atoms with Crippen LogP contribution in [-0.2, 0) is 14.8 Å². The second-order valence-corrected chi connectivity index (χ2v) is 9.26. The normalized spacial score (nSPS) is 12.3. The summed E-state index contributed by atoms with van der Waals surface area (Å²) in [7, 11) is -3.85. The van der Waals surface area contributed by atoms with E-state index in [1.807, 2.05) is 38.1 Å². The molecule has 1 atom stereocenters. The Kier molecular flexibility index (Phi) is 7.15. The summed E-state index contributed by atoms with van der Waals surface area (Å²) in [5.74, 6) is 0.0838. The Balaban J connectivity index is 1.64. The van der Waals surface area contributed by atoms with Crippen LogP contribution in [0.2, 0.25) is 0 Å². The Morgan fingerprint density at radius 2 is 1.47 bits per heavy atom. The average molecular weight is 457 g/mol. The average Bonchev–Trinajstić information content (AvgIpc) is 2.76. The molecule has 168 valence electrons. The molecule has 2 N–H and O–H groups in total. The predicted molar refractivity (Wildman–Crippen MR) is 123 cm³/mol. The van der Waals surface area contributed by atoms with Gasteiger partial charge < -0.3 is 10.1 Å². The minimum atomic E-state index is -3.85. The van der Waals surface area contributed by atoms with Gasteiger partial charge in [0.15, 0.2) is 6.10 Å². The smallest absolute Gasteiger partial charge is 0.265 e. The van der Waals surface area contributed by atoms with Crippen LogP contribution in [0.1, 0.15) is 32.3 Å². The number of amides is 1. The van der Waals surface area contributed by atoms with Crippen molar-refractivity contribution in [3.8, 4) is 5.75 Å². The van der Waals surface area contributed by atoms with Crippen LogP contribution in [0.3, 0.4) is 0 Å². The Hall–Kier alpha value is -3.39. The van der Waals surface area contributed by atoms with Gasteiger partial charge in [0.05, 0.1) is 4.90 Å². The number of carbonyl (C=O) groups excluding carboxylic acids is 1. The van der Waals surface area contributed by atoms with Crippen LogP contribution in [0.4, 0.5) is 15.8 Å². The van der Waals surface area contributed by atoms with Crippen molar-refractivity contribution in [1.29, 1.82) is 0 Å². The van der Waals surface area contributed by atoms with Crippen LogP contribution in [0.15, 0.2) is 77.7 Å². The fourth-order valence-electron chi connectivity index (χ4n) is 3.00. The number of ether oxygens (including phenoxy) is 1. The lowest BCUT2D eigenvalue weighted by Crippen LogP contribution is -2.30. The van der Waals surface area contributed by atoms with Crippen LogP contribution in [0, 0.1) is 5.82 Å². The highest BCUT2D eigenvalue weighted by atomic mass is 32.2. The van der Waals surface area contributed by atoms with E-state index in [0.29, 0.717) is 11.4 Å². The Morgan fingerprint density at radius 1 is 0.875 bits per heavy atom. The third kappa shape index (κ3) is 5.85. The second-order valence-electron chi connectivity index (χ2n) is 7.58. The molecule has 6 nitrogen and oxygen atoms in total. The zero-order valence-corrected chi connectivity index (χ0v) is 18.8. The van der Waals surface area contributed by atoms with E-state index in [-0.39, 0.29) is 22.4 Å². The van der Waals surface area contributed by atoms with E-state index < -0.39 is 21.9 Å². The number of hydrogen-bond donors (Lipinski definition) is 2. The van der Waals surface area contributed by atoms with Crippen molar-refractivity contribution in [3.63, 3.8) is 0 Å². The Bertz CT molecular complexity index is 1180. The van der Waals surface area contributed by atoms with Crippen molar-refractivity contribution in [1.82, 2.24) is 0 Å². The monoisotopic (exact) mass is 456 g/mol. The number of carbonyl (C=O) groups is 1. The maximum Gasteiger partial charge on any atom is 0.265 e. The first-order chi connectivity index (χ1) is 15.2. The van der Waals surface area contributed by atoms with Gasteiger partial charge >= 0.3 is 0 Å². The Morgan fingerprint density at radius 3 is 2.09 bits per heavy atom. The fraction of sp³-hybridized carbons (Fsp3) is 0.208. The highest BCUT2D eigenvalue weighted by Gasteiger charge is 2.18. The van der Waals surface area contributed by atoms with Gasteiger partial charge in [-0.15, -0.1) is 0 Å². The summed E-state index contributed by atoms with van der Waals surface area (Å²) in [6.07, 6.45) is -0.751. The van der Waals surface area contributed by atoms with Crippen LogP contribution >= 0.6 is 0 Å². The summed E-state index contributed by atoms with van der Waals surface area (Å²) in [4.78, 5) is 12.6. The van der Waals surface area contributed by atoms with Gasteiger partial charge in [0.2, 0.25) is 0 Å². The second kappa shape index (κ2) is 9.82. The molecule has 0 unspecified atom stereocenters. The zero-order chi connectivity index (χ0) is 23.3. The molecule has 0 fully saturated rings. The van der Waals surface area contributed by atoms with Crippen molar-refractivity contribution in [3.05, 3.63) is 84.2 Å². The maximum absolute atomic E-state index is 13.0. The van der Waals surface area contributed by atoms with Gasteiger partial charge in [-0.05, 0) is 73.0 Å². The number of anilines is 2. The van der Waals surface area contributed by atoms with Crippen molar-refractivity contribution in [2.75, 3.05) is 10.0 Å². The van der Waals surface area contributed by atoms with E-state index in [1.54, 1.807) is 6.92 Å². The summed E-state index contributed by atoms with van der Waals surface area (Å²) in [5, 5.41) is 2.72. The summed E-state index contributed by atoms with van der Waals surface area (Å²) < 4.78 is 46.2. The van der Waals surface area contributed by atoms with Gasteiger partial charge in [-0.2, -0.15) is 0 Å². The van der Waals surface area contributed by atoms with Gasteiger partial charge in [-0.25, -0.2) is 12.8 Å². The lowest BCUT2D eigenvalue weighted by atomic mass is 10.0. The lowest BCUT2D eigenvalue weighted by molar-refractivity contribution is -0.122. The van der Waals surface area contributed by atoms with E-state index in [0.717, 1.165) is 5.56 Å². The molecule has 0 spiro atoms. The maximum atomic E-state index is 13.0. The third-order valence-corrected chi connectivity index (χ3v) is 6.14. The SMILES string of the molecule is CC(C)c1ccccc1O[C@@H](C)C(=O)Nc1ccc(S(=O)(=O)Nc2ccc(F)cc2)cc1. The van der Waals surface area contributed by atoms with Crippen LogP contribution in [-0.4, -0.2) is 20.4 Å². The topological polar surface area (TPSA) is 84.5 Å². The third-order valence-electron chi connectivity index (χ3n) is 4.74. The molecule has 3 aromatic rings. The number of benzene rings is 3. The minimum Gasteiger partial charge on any atom is -0.481 e. The van der Waals surface area contributed by atoms with E-state index in [4.69, 9.17) is 4.74 Å². The molecule has 0 aliphatic carbocycles. The summed E-state index contributed by atoms with van der Waals surface area (Å²) in [6, 6.07) is 18.3. The number of rotatable bonds is 8. The van der Waals surface area contributed by atoms with Crippen molar-refractivity contribution < 1.29 is 22.3 Å². The number of hydrogen-bond acceptors (Lipinski definition) is 4. The number of para-hydroxylation sites is 1. The lowest BCUT2D eigenvalue weighted by Gasteiger charge is -2.18. The first-order valence-electron chi connectivity index (χ1n) is 10.1. The largest absolute Gasteiger partial charge is 0.481 e. The van der Waals surface area contributed by atoms with Crippen molar-refractivity contribution in [2.45, 2.75) is 37.7 Å². The van der Waals surface area contributed by atoms with Crippen molar-refractivity contribution in [2.24, 2.45) is 0 Å². The molecule has 0 saturated heterocycles. The van der Waals surface area contributed by atoms with Gasteiger partial charge in [0.25, 0.3) is 15.9 Å². The molecule has 0 heterocycles. The minimum absolute atomic E-state index is 0.00924. The molecule has 0 radical (unpaired) electrons. The number of halogens is 1. The van der Waals surface area contributed by atoms with Crippen LogP contribution in [0.5, 0.6) is 5.75 Å². The van der Waals surface area contributed by atoms with Gasteiger partial charge in [-0.1, -0.05) is 32.0 Å². The summed E-state index contributed by atoms with van der Waals surface area (Å²) >= 11 is 0. The predicted octanol–water partition coefficient (Wildman–Crippen LogP) is 5.16. The van der Waals surface area contributed by atoms with Crippen LogP contribution < -0.4 is 14.8 Å². The molecule has 32 heavy (non-hydrogen) atoms. The molecular formula is C24H25FN2O4S. The zero-order valence-electron chi connectivity index (χ0n) is 18.0. The summed E-state index contributed by atoms with van der Waals surface area (Å²) in [6.45, 7) is 5.75. The van der Waals surface area contributed by atoms with E-state index in [2.05, 4.69) is 10.0 Å². The molecule has 0 saturated carbocycles. The number of sulfonamides is 1. The van der Waals surface area contributed by atoms with Crippen LogP contribution in [0.25, 0.3) is 0 Å². The molecule has 8 heteroatoms. The van der Waals surface area contributed by atoms with Gasteiger partial charge in [0, 0.05) is 11.4 Å². The molecular weight excluding hydrogens is 431 g/mol. The van der Waals surface area contributed by atoms with Crippen molar-refractivity contribution >= 4 is 27.3 Å². The fourth-order valence-corrected chi connectivity index (χ4v) is 4.06. The van der Waals surface area contributed by atoms with E-state index in [1.165, 1.54) is 48.5 Å². The standard InChI is InChI=1S/C24H25FN2O4S/c1-16(2)22-6-4-5-7-23(22)31-17(3)24(28)26-19-12-14-21(15-13-19)32(29,30)27-20-10-8-18(25)9-11-20/h4-17,27H,1-3H3,(H,26,28)/t17-/m0/s1. The molecule has 3 aromatic carbocycles. The highest BCUT2D eigenvalue weighted by Crippen LogP contribution is 2.27. The molecule has 1 amide bonds. The first-order valence-corrected chi connectivity index (χ1v) is 11.6. The summed E-state index contributed by atoms with van der Waals surface area (Å²) in [5.41, 5.74) is 1.69. The van der Waals surface area contributed by atoms with E-state index >= 15 is 0 Å². The number of nitrogens with one attached hydrogen (secondary N) is 2. The Labute approximate surface area is 187 Å². The molecule has 0 aliphatic rings. The highest BCUT2D eigenvalue weighted by molar-refractivity contribution is 7.92. The van der Waals surface area contributed by atoms with Gasteiger partial charge in [0.1, 0.15) is 11.6 Å². The van der Waals surface area contributed by atoms with E-state index in [9.17, 15) is 17.6 Å². The molecule has 0 aliphatic heterocycles. The quantitative estimate of drug-likeness (QED) is 0.491. The molecule has 3 rings (SSSR count). The molecule has 0 bridgehead atoms.